The van der Waals surface area contributed by atoms with Crippen LogP contribution in [0.4, 0.5) is 5.69 Å². The van der Waals surface area contributed by atoms with Gasteiger partial charge in [0.1, 0.15) is 17.2 Å². The van der Waals surface area contributed by atoms with Crippen molar-refractivity contribution in [3.8, 4) is 17.2 Å². The molecule has 8 nitrogen and oxygen atoms in total. The second-order valence-corrected chi connectivity index (χ2v) is 7.97. The SMILES string of the molecule is CCOc1ccc(S(=O)(=O)N[C@@H](C)C(=O)Nc2cc(OC)ccc2OC)cc1C. The van der Waals surface area contributed by atoms with Gasteiger partial charge in [-0.1, -0.05) is 0 Å². The highest BCUT2D eigenvalue weighted by atomic mass is 32.2. The second kappa shape index (κ2) is 9.62. The van der Waals surface area contributed by atoms with E-state index in [9.17, 15) is 13.2 Å². The van der Waals surface area contributed by atoms with Gasteiger partial charge in [0.2, 0.25) is 15.9 Å². The van der Waals surface area contributed by atoms with Gasteiger partial charge >= 0.3 is 0 Å². The van der Waals surface area contributed by atoms with E-state index in [4.69, 9.17) is 14.2 Å². The Morgan fingerprint density at radius 1 is 1.07 bits per heavy atom. The molecule has 0 aliphatic heterocycles. The van der Waals surface area contributed by atoms with Crippen LogP contribution in [0.25, 0.3) is 0 Å². The fourth-order valence-electron chi connectivity index (χ4n) is 2.61. The molecule has 0 spiro atoms. The van der Waals surface area contributed by atoms with E-state index < -0.39 is 22.0 Å². The van der Waals surface area contributed by atoms with Gasteiger partial charge in [-0.2, -0.15) is 4.72 Å². The number of hydrogen-bond donors (Lipinski definition) is 2. The Morgan fingerprint density at radius 3 is 2.34 bits per heavy atom. The Kier molecular flexibility index (Phi) is 7.46. The van der Waals surface area contributed by atoms with E-state index in [-0.39, 0.29) is 4.90 Å². The van der Waals surface area contributed by atoms with Gasteiger partial charge in [-0.25, -0.2) is 8.42 Å². The summed E-state index contributed by atoms with van der Waals surface area (Å²) in [6.07, 6.45) is 0. The minimum absolute atomic E-state index is 0.0528. The Morgan fingerprint density at radius 2 is 1.76 bits per heavy atom. The van der Waals surface area contributed by atoms with E-state index >= 15 is 0 Å². The molecule has 0 aliphatic carbocycles. The van der Waals surface area contributed by atoms with Crippen LogP contribution in [0.3, 0.4) is 0 Å². The molecule has 0 unspecified atom stereocenters. The topological polar surface area (TPSA) is 103 Å². The summed E-state index contributed by atoms with van der Waals surface area (Å²) in [6, 6.07) is 8.44. The quantitative estimate of drug-likeness (QED) is 0.644. The van der Waals surface area contributed by atoms with Crippen LogP contribution < -0.4 is 24.2 Å². The largest absolute Gasteiger partial charge is 0.497 e. The average molecular weight is 423 g/mol. The smallest absolute Gasteiger partial charge is 0.242 e. The van der Waals surface area contributed by atoms with Crippen molar-refractivity contribution < 1.29 is 27.4 Å². The fourth-order valence-corrected chi connectivity index (χ4v) is 3.90. The molecule has 9 heteroatoms. The summed E-state index contributed by atoms with van der Waals surface area (Å²) in [4.78, 5) is 12.6. The average Bonchev–Trinajstić information content (AvgIpc) is 2.69. The van der Waals surface area contributed by atoms with Crippen molar-refractivity contribution in [3.05, 3.63) is 42.0 Å². The number of hydrogen-bond acceptors (Lipinski definition) is 6. The number of nitrogens with one attached hydrogen (secondary N) is 2. The third kappa shape index (κ3) is 5.61. The van der Waals surface area contributed by atoms with Gasteiger partial charge in [0.05, 0.1) is 37.5 Å². The molecule has 2 aromatic carbocycles. The number of ether oxygens (including phenoxy) is 3. The van der Waals surface area contributed by atoms with Gasteiger partial charge in [0.15, 0.2) is 0 Å². The molecule has 158 valence electrons. The maximum Gasteiger partial charge on any atom is 0.242 e. The van der Waals surface area contributed by atoms with Gasteiger partial charge in [-0.15, -0.1) is 0 Å². The lowest BCUT2D eigenvalue weighted by molar-refractivity contribution is -0.117. The summed E-state index contributed by atoms with van der Waals surface area (Å²) >= 11 is 0. The number of sulfonamides is 1. The number of benzene rings is 2. The molecule has 0 bridgehead atoms. The molecule has 0 saturated carbocycles. The number of amides is 1. The van der Waals surface area contributed by atoms with Crippen LogP contribution in [0, 0.1) is 6.92 Å². The third-order valence-electron chi connectivity index (χ3n) is 4.15. The fraction of sp³-hybridized carbons (Fsp3) is 0.350. The number of carbonyl (C=O) groups excluding carboxylic acids is 1. The van der Waals surface area contributed by atoms with Gasteiger partial charge in [0, 0.05) is 6.07 Å². The van der Waals surface area contributed by atoms with Gasteiger partial charge < -0.3 is 19.5 Å². The Bertz CT molecular complexity index is 975. The van der Waals surface area contributed by atoms with Gasteiger partial charge in [-0.3, -0.25) is 4.79 Å². The predicted octanol–water partition coefficient (Wildman–Crippen LogP) is 2.72. The van der Waals surface area contributed by atoms with Crippen molar-refractivity contribution in [1.82, 2.24) is 4.72 Å². The zero-order valence-electron chi connectivity index (χ0n) is 17.1. The van der Waals surface area contributed by atoms with Crippen molar-refractivity contribution in [1.29, 1.82) is 0 Å². The molecule has 0 heterocycles. The lowest BCUT2D eigenvalue weighted by Crippen LogP contribution is -2.41. The van der Waals surface area contributed by atoms with Crippen LogP contribution in [0.5, 0.6) is 17.2 Å². The molecule has 29 heavy (non-hydrogen) atoms. The highest BCUT2D eigenvalue weighted by Crippen LogP contribution is 2.29. The first kappa shape index (κ1) is 22.5. The number of rotatable bonds is 9. The van der Waals surface area contributed by atoms with Crippen molar-refractivity contribution in [2.75, 3.05) is 26.1 Å². The van der Waals surface area contributed by atoms with E-state index in [0.717, 1.165) is 0 Å². The van der Waals surface area contributed by atoms with Crippen molar-refractivity contribution in [2.24, 2.45) is 0 Å². The molecule has 1 atom stereocenters. The molecule has 2 rings (SSSR count). The molecule has 0 fully saturated rings. The molecule has 0 aromatic heterocycles. The highest BCUT2D eigenvalue weighted by molar-refractivity contribution is 7.89. The van der Waals surface area contributed by atoms with E-state index in [1.807, 2.05) is 6.92 Å². The van der Waals surface area contributed by atoms with Crippen LogP contribution in [0.1, 0.15) is 19.4 Å². The molecular weight excluding hydrogens is 396 g/mol. The maximum absolute atomic E-state index is 12.7. The normalized spacial score (nSPS) is 12.2. The zero-order chi connectivity index (χ0) is 21.6. The first-order valence-electron chi connectivity index (χ1n) is 9.00. The standard InChI is InChI=1S/C20H26N2O6S/c1-6-28-18-10-8-16(11-13(18)2)29(24,25)22-14(3)20(23)21-17-12-15(26-4)7-9-19(17)27-5/h7-12,14,22H,6H2,1-5H3,(H,21,23)/t14-/m0/s1. The molecule has 2 N–H and O–H groups in total. The summed E-state index contributed by atoms with van der Waals surface area (Å²) in [5.41, 5.74) is 1.06. The maximum atomic E-state index is 12.7. The highest BCUT2D eigenvalue weighted by Gasteiger charge is 2.23. The van der Waals surface area contributed by atoms with Crippen LogP contribution in [0.2, 0.25) is 0 Å². The monoisotopic (exact) mass is 422 g/mol. The molecular formula is C20H26N2O6S. The van der Waals surface area contributed by atoms with Crippen molar-refractivity contribution >= 4 is 21.6 Å². The van der Waals surface area contributed by atoms with Gasteiger partial charge in [0.25, 0.3) is 0 Å². The molecule has 0 aliphatic rings. The van der Waals surface area contributed by atoms with Crippen molar-refractivity contribution in [2.45, 2.75) is 31.7 Å². The van der Waals surface area contributed by atoms with E-state index in [0.29, 0.717) is 35.1 Å². The summed E-state index contributed by atoms with van der Waals surface area (Å²) in [7, 11) is -0.929. The van der Waals surface area contributed by atoms with Crippen LogP contribution in [0.15, 0.2) is 41.3 Å². The number of aryl methyl sites for hydroxylation is 1. The Balaban J connectivity index is 2.15. The summed E-state index contributed by atoms with van der Waals surface area (Å²) in [6.45, 7) is 5.55. The Hall–Kier alpha value is -2.78. The lowest BCUT2D eigenvalue weighted by Gasteiger charge is -2.17. The van der Waals surface area contributed by atoms with Crippen molar-refractivity contribution in [3.63, 3.8) is 0 Å². The summed E-state index contributed by atoms with van der Waals surface area (Å²) in [5, 5.41) is 2.66. The van der Waals surface area contributed by atoms with Gasteiger partial charge in [-0.05, 0) is 56.7 Å². The number of carbonyl (C=O) groups is 1. The van der Waals surface area contributed by atoms with Crippen LogP contribution >= 0.6 is 0 Å². The molecule has 0 saturated heterocycles. The van der Waals surface area contributed by atoms with Crippen LogP contribution in [-0.4, -0.2) is 41.2 Å². The Labute approximate surface area is 171 Å². The van der Waals surface area contributed by atoms with E-state index in [2.05, 4.69) is 10.0 Å². The first-order valence-corrected chi connectivity index (χ1v) is 10.5. The summed E-state index contributed by atoms with van der Waals surface area (Å²) in [5.74, 6) is 1.03. The summed E-state index contributed by atoms with van der Waals surface area (Å²) < 4.78 is 43.5. The number of methoxy groups -OCH3 is 2. The number of anilines is 1. The van der Waals surface area contributed by atoms with E-state index in [1.165, 1.54) is 33.3 Å². The lowest BCUT2D eigenvalue weighted by atomic mass is 10.2. The first-order chi connectivity index (χ1) is 13.7. The second-order valence-electron chi connectivity index (χ2n) is 6.26. The third-order valence-corrected chi connectivity index (χ3v) is 5.68. The van der Waals surface area contributed by atoms with E-state index in [1.54, 1.807) is 31.2 Å². The molecule has 2 aromatic rings. The predicted molar refractivity (Wildman–Crippen MR) is 110 cm³/mol. The molecule has 0 radical (unpaired) electrons. The minimum atomic E-state index is -3.90. The van der Waals surface area contributed by atoms with Crippen LogP contribution in [-0.2, 0) is 14.8 Å². The molecule has 1 amide bonds. The minimum Gasteiger partial charge on any atom is -0.497 e. The zero-order valence-corrected chi connectivity index (χ0v) is 17.9.